The van der Waals surface area contributed by atoms with Gasteiger partial charge in [-0.3, -0.25) is 19.7 Å². The minimum Gasteiger partial charge on any atom is -0.294 e. The number of benzene rings is 1. The number of carbonyl (C=O) groups is 2. The van der Waals surface area contributed by atoms with Gasteiger partial charge in [-0.2, -0.15) is 5.21 Å². The number of carbonyl (C=O) groups excluding carboxylic acids is 2. The number of nitro groups is 1. The normalized spacial score (nSPS) is 10.1. The number of Topliss-reactive ketones (excluding diaryl/α,β-unsaturated/α-hetero) is 2. The quantitative estimate of drug-likeness (QED) is 0.360. The molecule has 2 aromatic rings. The van der Waals surface area contributed by atoms with E-state index in [0.717, 1.165) is 0 Å². The lowest BCUT2D eigenvalue weighted by atomic mass is 10.1. The number of non-ortho nitro benzene ring substituents is 1. The van der Waals surface area contributed by atoms with Gasteiger partial charge in [0.25, 0.3) is 5.69 Å². The average molecular weight is 261 g/mol. The average Bonchev–Trinajstić information content (AvgIpc) is 2.92. The number of hydrogen-bond acceptors (Lipinski definition) is 7. The second kappa shape index (κ2) is 5.12. The Bertz CT molecular complexity index is 620. The predicted molar refractivity (Wildman–Crippen MR) is 60.6 cm³/mol. The number of nitro benzene ring substituents is 1. The van der Waals surface area contributed by atoms with Crippen molar-refractivity contribution in [2.75, 3.05) is 0 Å². The Hall–Kier alpha value is -2.97. The Morgan fingerprint density at radius 1 is 1.21 bits per heavy atom. The second-order valence-electron chi connectivity index (χ2n) is 3.56. The smallest absolute Gasteiger partial charge is 0.269 e. The van der Waals surface area contributed by atoms with E-state index >= 15 is 0 Å². The Balaban J connectivity index is 2.08. The molecule has 0 aliphatic rings. The fraction of sp³-hybridized carbons (Fsp3) is 0.100. The summed E-state index contributed by atoms with van der Waals surface area (Å²) in [6, 6.07) is 4.99. The van der Waals surface area contributed by atoms with Gasteiger partial charge in [0.05, 0.1) is 11.3 Å². The number of rotatable bonds is 5. The van der Waals surface area contributed by atoms with Crippen molar-refractivity contribution in [1.29, 1.82) is 0 Å². The molecule has 0 radical (unpaired) electrons. The van der Waals surface area contributed by atoms with E-state index in [1.165, 1.54) is 24.3 Å². The lowest BCUT2D eigenvalue weighted by Gasteiger charge is -1.98. The van der Waals surface area contributed by atoms with Gasteiger partial charge in [-0.1, -0.05) is 0 Å². The SMILES string of the molecule is O=C(CC(=O)c1nn[nH]n1)c1ccc([N+](=O)[O-])cc1. The van der Waals surface area contributed by atoms with Crippen LogP contribution in [0.25, 0.3) is 0 Å². The fourth-order valence-electron chi connectivity index (χ4n) is 1.38. The summed E-state index contributed by atoms with van der Waals surface area (Å²) >= 11 is 0. The summed E-state index contributed by atoms with van der Waals surface area (Å²) in [6.07, 6.45) is -0.419. The third-order valence-electron chi connectivity index (χ3n) is 2.32. The van der Waals surface area contributed by atoms with Gasteiger partial charge in [0.1, 0.15) is 0 Å². The summed E-state index contributed by atoms with van der Waals surface area (Å²) in [4.78, 5) is 33.2. The molecule has 0 unspecified atom stereocenters. The first kappa shape index (κ1) is 12.5. The molecule has 1 aromatic heterocycles. The Morgan fingerprint density at radius 3 is 2.42 bits per heavy atom. The fourth-order valence-corrected chi connectivity index (χ4v) is 1.38. The Labute approximate surface area is 105 Å². The van der Waals surface area contributed by atoms with E-state index < -0.39 is 22.9 Å². The van der Waals surface area contributed by atoms with E-state index in [-0.39, 0.29) is 17.1 Å². The molecule has 1 N–H and O–H groups in total. The number of hydrogen-bond donors (Lipinski definition) is 1. The van der Waals surface area contributed by atoms with Crippen molar-refractivity contribution in [3.05, 3.63) is 45.8 Å². The molecular formula is C10H7N5O4. The third-order valence-corrected chi connectivity index (χ3v) is 2.32. The van der Waals surface area contributed by atoms with Crippen molar-refractivity contribution in [2.45, 2.75) is 6.42 Å². The highest BCUT2D eigenvalue weighted by molar-refractivity contribution is 6.12. The monoisotopic (exact) mass is 261 g/mol. The molecule has 0 fully saturated rings. The molecule has 1 heterocycles. The maximum Gasteiger partial charge on any atom is 0.269 e. The summed E-state index contributed by atoms with van der Waals surface area (Å²) < 4.78 is 0. The van der Waals surface area contributed by atoms with Crippen LogP contribution in [0.3, 0.4) is 0 Å². The topological polar surface area (TPSA) is 132 Å². The minimum atomic E-state index is -0.572. The van der Waals surface area contributed by atoms with Crippen LogP contribution in [-0.4, -0.2) is 37.1 Å². The molecule has 9 nitrogen and oxygen atoms in total. The first-order chi connectivity index (χ1) is 9.08. The molecule has 19 heavy (non-hydrogen) atoms. The first-order valence-corrected chi connectivity index (χ1v) is 5.12. The standard InChI is InChI=1S/C10H7N5O4/c16-8(5-9(17)10-11-13-14-12-10)6-1-3-7(4-2-6)15(18)19/h1-4H,5H2,(H,11,12,13,14). The van der Waals surface area contributed by atoms with Crippen LogP contribution in [-0.2, 0) is 0 Å². The molecular weight excluding hydrogens is 254 g/mol. The van der Waals surface area contributed by atoms with Crippen LogP contribution in [0, 0.1) is 10.1 Å². The number of aromatic nitrogens is 4. The molecule has 0 saturated carbocycles. The van der Waals surface area contributed by atoms with Crippen molar-refractivity contribution >= 4 is 17.3 Å². The highest BCUT2D eigenvalue weighted by Crippen LogP contribution is 2.13. The molecule has 9 heteroatoms. The van der Waals surface area contributed by atoms with Gasteiger partial charge in [0.15, 0.2) is 5.78 Å². The number of nitrogens with one attached hydrogen (secondary N) is 1. The summed E-state index contributed by atoms with van der Waals surface area (Å²) in [5.74, 6) is -1.21. The van der Waals surface area contributed by atoms with Crippen LogP contribution >= 0.6 is 0 Å². The van der Waals surface area contributed by atoms with Gasteiger partial charge in [0.2, 0.25) is 11.6 Å². The maximum atomic E-state index is 11.8. The molecule has 1 aromatic carbocycles. The van der Waals surface area contributed by atoms with E-state index in [9.17, 15) is 19.7 Å². The van der Waals surface area contributed by atoms with Gasteiger partial charge in [-0.15, -0.1) is 10.2 Å². The number of tetrazole rings is 1. The van der Waals surface area contributed by atoms with E-state index in [1.54, 1.807) is 0 Å². The lowest BCUT2D eigenvalue weighted by Crippen LogP contribution is -2.10. The number of ketones is 2. The highest BCUT2D eigenvalue weighted by atomic mass is 16.6. The van der Waals surface area contributed by atoms with E-state index in [0.29, 0.717) is 0 Å². The number of aromatic amines is 1. The van der Waals surface area contributed by atoms with E-state index in [1.807, 2.05) is 0 Å². The number of nitrogens with zero attached hydrogens (tertiary/aromatic N) is 4. The zero-order valence-electron chi connectivity index (χ0n) is 9.44. The van der Waals surface area contributed by atoms with Gasteiger partial charge in [-0.05, 0) is 17.3 Å². The molecule has 0 aliphatic carbocycles. The van der Waals surface area contributed by atoms with Gasteiger partial charge in [-0.25, -0.2) is 0 Å². The van der Waals surface area contributed by atoms with Gasteiger partial charge >= 0.3 is 0 Å². The van der Waals surface area contributed by atoms with Crippen LogP contribution < -0.4 is 0 Å². The van der Waals surface area contributed by atoms with Gasteiger partial charge in [0, 0.05) is 17.7 Å². The predicted octanol–water partition coefficient (Wildman–Crippen LogP) is 0.564. The zero-order chi connectivity index (χ0) is 13.8. The summed E-state index contributed by atoms with van der Waals surface area (Å²) in [5, 5.41) is 22.7. The van der Waals surface area contributed by atoms with Crippen molar-refractivity contribution in [3.8, 4) is 0 Å². The number of H-pyrrole nitrogens is 1. The Kier molecular flexibility index (Phi) is 3.37. The molecule has 0 bridgehead atoms. The molecule has 0 amide bonds. The van der Waals surface area contributed by atoms with Crippen molar-refractivity contribution < 1.29 is 14.5 Å². The second-order valence-corrected chi connectivity index (χ2v) is 3.56. The van der Waals surface area contributed by atoms with Crippen molar-refractivity contribution in [3.63, 3.8) is 0 Å². The summed E-state index contributed by atoms with van der Waals surface area (Å²) in [5.41, 5.74) is 0.0866. The van der Waals surface area contributed by atoms with Crippen LogP contribution in [0.15, 0.2) is 24.3 Å². The lowest BCUT2D eigenvalue weighted by molar-refractivity contribution is -0.384. The summed E-state index contributed by atoms with van der Waals surface area (Å²) in [6.45, 7) is 0. The molecule has 0 saturated heterocycles. The molecule has 0 atom stereocenters. The highest BCUT2D eigenvalue weighted by Gasteiger charge is 2.17. The molecule has 96 valence electrons. The van der Waals surface area contributed by atoms with E-state index in [2.05, 4.69) is 20.6 Å². The van der Waals surface area contributed by atoms with Gasteiger partial charge < -0.3 is 0 Å². The zero-order valence-corrected chi connectivity index (χ0v) is 9.44. The molecule has 0 aliphatic heterocycles. The third kappa shape index (κ3) is 2.83. The van der Waals surface area contributed by atoms with Crippen molar-refractivity contribution in [1.82, 2.24) is 20.6 Å². The van der Waals surface area contributed by atoms with Crippen LogP contribution in [0.1, 0.15) is 27.4 Å². The van der Waals surface area contributed by atoms with Crippen LogP contribution in [0.2, 0.25) is 0 Å². The van der Waals surface area contributed by atoms with Crippen LogP contribution in [0.5, 0.6) is 0 Å². The Morgan fingerprint density at radius 2 is 1.89 bits per heavy atom. The van der Waals surface area contributed by atoms with Crippen LogP contribution in [0.4, 0.5) is 5.69 Å². The summed E-state index contributed by atoms with van der Waals surface area (Å²) in [7, 11) is 0. The first-order valence-electron chi connectivity index (χ1n) is 5.12. The molecule has 2 rings (SSSR count). The minimum absolute atomic E-state index is 0.124. The largest absolute Gasteiger partial charge is 0.294 e. The molecule has 0 spiro atoms. The van der Waals surface area contributed by atoms with E-state index in [4.69, 9.17) is 0 Å². The van der Waals surface area contributed by atoms with Crippen molar-refractivity contribution in [2.24, 2.45) is 0 Å². The maximum absolute atomic E-state index is 11.8.